The molecule has 0 aromatic heterocycles. The van der Waals surface area contributed by atoms with Crippen LogP contribution < -0.4 is 9.62 Å². The first-order chi connectivity index (χ1) is 11.4. The number of hydrogen-bond acceptors (Lipinski definition) is 3. The Bertz CT molecular complexity index is 832. The van der Waals surface area contributed by atoms with Crippen molar-refractivity contribution in [3.63, 3.8) is 0 Å². The molecule has 2 aromatic rings. The minimum Gasteiger partial charge on any atom is -0.316 e. The molecule has 2 aromatic carbocycles. The van der Waals surface area contributed by atoms with Crippen molar-refractivity contribution in [1.29, 1.82) is 0 Å². The summed E-state index contributed by atoms with van der Waals surface area (Å²) in [5, 5.41) is 0. The van der Waals surface area contributed by atoms with E-state index in [0.29, 0.717) is 5.69 Å². The standard InChI is InChI=1S/C18H20N2O3S/c1-13(21)20(2)15-8-10-16(11-9-15)24(22,23)19-18-12-17(18)14-6-4-3-5-7-14/h3-11,17-19H,12H2,1-2H3/t17-,18-/m1/s1. The lowest BCUT2D eigenvalue weighted by molar-refractivity contribution is -0.116. The molecule has 0 heterocycles. The first-order valence-electron chi connectivity index (χ1n) is 7.80. The van der Waals surface area contributed by atoms with Gasteiger partial charge in [0.05, 0.1) is 4.90 Å². The summed E-state index contributed by atoms with van der Waals surface area (Å²) in [6.07, 6.45) is 0.814. The second-order valence-electron chi connectivity index (χ2n) is 6.05. The Morgan fingerprint density at radius 3 is 2.29 bits per heavy atom. The number of nitrogens with one attached hydrogen (secondary N) is 1. The molecule has 5 nitrogen and oxygen atoms in total. The van der Waals surface area contributed by atoms with Gasteiger partial charge in [-0.25, -0.2) is 13.1 Å². The van der Waals surface area contributed by atoms with Gasteiger partial charge in [-0.1, -0.05) is 30.3 Å². The van der Waals surface area contributed by atoms with E-state index in [-0.39, 0.29) is 22.8 Å². The molecule has 3 rings (SSSR count). The third kappa shape index (κ3) is 3.49. The summed E-state index contributed by atoms with van der Waals surface area (Å²) in [4.78, 5) is 13.0. The lowest BCUT2D eigenvalue weighted by atomic mass is 10.1. The summed E-state index contributed by atoms with van der Waals surface area (Å²) >= 11 is 0. The average Bonchev–Trinajstić information content (AvgIpc) is 3.33. The molecule has 6 heteroatoms. The third-order valence-electron chi connectivity index (χ3n) is 4.33. The largest absolute Gasteiger partial charge is 0.316 e. The summed E-state index contributed by atoms with van der Waals surface area (Å²) in [7, 11) is -1.90. The fourth-order valence-corrected chi connectivity index (χ4v) is 3.98. The maximum Gasteiger partial charge on any atom is 0.240 e. The number of anilines is 1. The molecular weight excluding hydrogens is 324 g/mol. The lowest BCUT2D eigenvalue weighted by Gasteiger charge is -2.15. The average molecular weight is 344 g/mol. The maximum atomic E-state index is 12.5. The molecule has 0 radical (unpaired) electrons. The van der Waals surface area contributed by atoms with Gasteiger partial charge in [-0.05, 0) is 36.2 Å². The van der Waals surface area contributed by atoms with Crippen molar-refractivity contribution in [2.75, 3.05) is 11.9 Å². The number of nitrogens with zero attached hydrogens (tertiary/aromatic N) is 1. The molecular formula is C18H20N2O3S. The van der Waals surface area contributed by atoms with Crippen LogP contribution >= 0.6 is 0 Å². The van der Waals surface area contributed by atoms with Gasteiger partial charge >= 0.3 is 0 Å². The van der Waals surface area contributed by atoms with Crippen LogP contribution in [0.15, 0.2) is 59.5 Å². The number of sulfonamides is 1. The third-order valence-corrected chi connectivity index (χ3v) is 5.84. The summed E-state index contributed by atoms with van der Waals surface area (Å²) < 4.78 is 27.7. The molecule has 1 aliphatic rings. The molecule has 1 amide bonds. The van der Waals surface area contributed by atoms with Crippen molar-refractivity contribution < 1.29 is 13.2 Å². The summed E-state index contributed by atoms with van der Waals surface area (Å²) in [5.74, 6) is 0.136. The molecule has 0 aliphatic heterocycles. The molecule has 0 spiro atoms. The van der Waals surface area contributed by atoms with Crippen molar-refractivity contribution in [2.45, 2.75) is 30.2 Å². The normalized spacial score (nSPS) is 19.8. The Balaban J connectivity index is 1.69. The highest BCUT2D eigenvalue weighted by atomic mass is 32.2. The van der Waals surface area contributed by atoms with Crippen LogP contribution in [0.3, 0.4) is 0 Å². The van der Waals surface area contributed by atoms with Crippen LogP contribution in [0.4, 0.5) is 5.69 Å². The molecule has 24 heavy (non-hydrogen) atoms. The number of benzene rings is 2. The van der Waals surface area contributed by atoms with E-state index >= 15 is 0 Å². The van der Waals surface area contributed by atoms with Crippen LogP contribution in [0.5, 0.6) is 0 Å². The molecule has 0 saturated heterocycles. The van der Waals surface area contributed by atoms with E-state index in [4.69, 9.17) is 0 Å². The van der Waals surface area contributed by atoms with Crippen molar-refractivity contribution >= 4 is 21.6 Å². The van der Waals surface area contributed by atoms with Gasteiger partial charge in [-0.3, -0.25) is 4.79 Å². The van der Waals surface area contributed by atoms with Crippen molar-refractivity contribution in [3.05, 3.63) is 60.2 Å². The van der Waals surface area contributed by atoms with Gasteiger partial charge in [-0.2, -0.15) is 0 Å². The Hall–Kier alpha value is -2.18. The smallest absolute Gasteiger partial charge is 0.240 e. The predicted octanol–water partition coefficient (Wildman–Crippen LogP) is 2.50. The topological polar surface area (TPSA) is 66.5 Å². The minimum absolute atomic E-state index is 0.0584. The fourth-order valence-electron chi connectivity index (χ4n) is 2.69. The van der Waals surface area contributed by atoms with E-state index < -0.39 is 10.0 Å². The second kappa shape index (κ2) is 6.37. The molecule has 1 aliphatic carbocycles. The van der Waals surface area contributed by atoms with E-state index in [2.05, 4.69) is 4.72 Å². The van der Waals surface area contributed by atoms with E-state index in [0.717, 1.165) is 12.0 Å². The van der Waals surface area contributed by atoms with Crippen LogP contribution in [-0.4, -0.2) is 27.4 Å². The van der Waals surface area contributed by atoms with Gasteiger partial charge in [0.15, 0.2) is 0 Å². The van der Waals surface area contributed by atoms with Crippen LogP contribution in [0, 0.1) is 0 Å². The van der Waals surface area contributed by atoms with Gasteiger partial charge in [0.2, 0.25) is 15.9 Å². The van der Waals surface area contributed by atoms with Crippen LogP contribution in [0.25, 0.3) is 0 Å². The van der Waals surface area contributed by atoms with E-state index in [1.807, 2.05) is 30.3 Å². The zero-order valence-electron chi connectivity index (χ0n) is 13.6. The van der Waals surface area contributed by atoms with Crippen molar-refractivity contribution in [2.24, 2.45) is 0 Å². The number of hydrogen-bond donors (Lipinski definition) is 1. The van der Waals surface area contributed by atoms with Crippen LogP contribution in [0.1, 0.15) is 24.8 Å². The van der Waals surface area contributed by atoms with Crippen LogP contribution in [-0.2, 0) is 14.8 Å². The highest BCUT2D eigenvalue weighted by Crippen LogP contribution is 2.41. The van der Waals surface area contributed by atoms with Gasteiger partial charge in [0.1, 0.15) is 0 Å². The summed E-state index contributed by atoms with van der Waals surface area (Å²) in [5.41, 5.74) is 1.82. The molecule has 126 valence electrons. The van der Waals surface area contributed by atoms with Crippen molar-refractivity contribution in [1.82, 2.24) is 4.72 Å². The number of carbonyl (C=O) groups is 1. The van der Waals surface area contributed by atoms with Gasteiger partial charge in [-0.15, -0.1) is 0 Å². The Kier molecular flexibility index (Phi) is 4.43. The number of amides is 1. The van der Waals surface area contributed by atoms with Gasteiger partial charge < -0.3 is 4.90 Å². The highest BCUT2D eigenvalue weighted by Gasteiger charge is 2.41. The van der Waals surface area contributed by atoms with Gasteiger partial charge in [0.25, 0.3) is 0 Å². The Labute approximate surface area is 142 Å². The summed E-state index contributed by atoms with van der Waals surface area (Å²) in [6.45, 7) is 1.46. The zero-order chi connectivity index (χ0) is 17.3. The molecule has 1 fully saturated rings. The highest BCUT2D eigenvalue weighted by molar-refractivity contribution is 7.89. The fraction of sp³-hybridized carbons (Fsp3) is 0.278. The van der Waals surface area contributed by atoms with E-state index in [1.165, 1.54) is 24.0 Å². The van der Waals surface area contributed by atoms with Crippen LogP contribution in [0.2, 0.25) is 0 Å². The number of carbonyl (C=O) groups excluding carboxylic acids is 1. The number of rotatable bonds is 5. The Morgan fingerprint density at radius 1 is 1.08 bits per heavy atom. The molecule has 1 saturated carbocycles. The molecule has 0 unspecified atom stereocenters. The summed E-state index contributed by atoms with van der Waals surface area (Å²) in [6, 6.07) is 16.2. The first kappa shape index (κ1) is 16.7. The SMILES string of the molecule is CC(=O)N(C)c1ccc(S(=O)(=O)N[C@@H]2C[C@@H]2c2ccccc2)cc1. The molecule has 2 atom stereocenters. The van der Waals surface area contributed by atoms with E-state index in [1.54, 1.807) is 19.2 Å². The molecule has 1 N–H and O–H groups in total. The quantitative estimate of drug-likeness (QED) is 0.906. The predicted molar refractivity (Wildman–Crippen MR) is 93.4 cm³/mol. The Morgan fingerprint density at radius 2 is 1.71 bits per heavy atom. The lowest BCUT2D eigenvalue weighted by Crippen LogP contribution is -2.27. The zero-order valence-corrected chi connectivity index (χ0v) is 14.5. The maximum absolute atomic E-state index is 12.5. The molecule has 0 bridgehead atoms. The first-order valence-corrected chi connectivity index (χ1v) is 9.28. The van der Waals surface area contributed by atoms with E-state index in [9.17, 15) is 13.2 Å². The monoisotopic (exact) mass is 344 g/mol. The van der Waals surface area contributed by atoms with Gasteiger partial charge in [0, 0.05) is 31.6 Å². The van der Waals surface area contributed by atoms with Crippen molar-refractivity contribution in [3.8, 4) is 0 Å². The second-order valence-corrected chi connectivity index (χ2v) is 7.77. The minimum atomic E-state index is -3.55.